The van der Waals surface area contributed by atoms with Crippen molar-refractivity contribution in [2.75, 3.05) is 31.6 Å². The lowest BCUT2D eigenvalue weighted by Crippen LogP contribution is -2.48. The zero-order valence-corrected chi connectivity index (χ0v) is 13.1. The van der Waals surface area contributed by atoms with E-state index in [1.54, 1.807) is 0 Å². The first-order chi connectivity index (χ1) is 9.47. The number of sulfone groups is 1. The van der Waals surface area contributed by atoms with Gasteiger partial charge in [-0.15, -0.1) is 0 Å². The van der Waals surface area contributed by atoms with E-state index in [-0.39, 0.29) is 17.7 Å². The normalized spacial score (nSPS) is 26.2. The summed E-state index contributed by atoms with van der Waals surface area (Å²) in [5.41, 5.74) is 0. The van der Waals surface area contributed by atoms with Crippen LogP contribution in [0.1, 0.15) is 38.5 Å². The predicted molar refractivity (Wildman–Crippen MR) is 79.3 cm³/mol. The van der Waals surface area contributed by atoms with Crippen LogP contribution in [0.4, 0.5) is 0 Å². The summed E-state index contributed by atoms with van der Waals surface area (Å²) in [6, 6.07) is 0.244. The van der Waals surface area contributed by atoms with Crippen LogP contribution in [-0.2, 0) is 14.6 Å². The van der Waals surface area contributed by atoms with Gasteiger partial charge in [-0.25, -0.2) is 8.42 Å². The number of amides is 1. The lowest BCUT2D eigenvalue weighted by atomic mass is 9.87. The Kier molecular flexibility index (Phi) is 5.43. The van der Waals surface area contributed by atoms with Crippen LogP contribution in [0.15, 0.2) is 0 Å². The molecule has 2 fully saturated rings. The van der Waals surface area contributed by atoms with Crippen molar-refractivity contribution < 1.29 is 13.2 Å². The van der Waals surface area contributed by atoms with Crippen molar-refractivity contribution in [2.45, 2.75) is 44.6 Å². The fourth-order valence-corrected chi connectivity index (χ4v) is 4.08. The van der Waals surface area contributed by atoms with Crippen molar-refractivity contribution in [3.05, 3.63) is 0 Å². The van der Waals surface area contributed by atoms with Gasteiger partial charge in [0.2, 0.25) is 5.91 Å². The van der Waals surface area contributed by atoms with Gasteiger partial charge in [0.25, 0.3) is 0 Å². The summed E-state index contributed by atoms with van der Waals surface area (Å²) in [6.45, 7) is 2.74. The largest absolute Gasteiger partial charge is 0.339 e. The molecular formula is C14H26N2O3S. The summed E-state index contributed by atoms with van der Waals surface area (Å²) in [7, 11) is -3.24. The molecule has 1 atom stereocenters. The number of likely N-dealkylation sites (tertiary alicyclic amines) is 1. The number of carbonyl (C=O) groups is 1. The molecule has 0 aliphatic carbocycles. The summed E-state index contributed by atoms with van der Waals surface area (Å²) in [5.74, 6) is -0.00938. The van der Waals surface area contributed by atoms with E-state index in [1.165, 1.54) is 0 Å². The zero-order valence-electron chi connectivity index (χ0n) is 12.3. The number of carbonyl (C=O) groups excluding carboxylic acids is 1. The molecule has 1 unspecified atom stereocenters. The number of rotatable bonds is 3. The fraction of sp³-hybridized carbons (Fsp3) is 0.929. The minimum Gasteiger partial charge on any atom is -0.339 e. The number of hydrogen-bond acceptors (Lipinski definition) is 4. The smallest absolute Gasteiger partial charge is 0.238 e. The molecule has 0 aromatic heterocycles. The minimum atomic E-state index is -3.24. The summed E-state index contributed by atoms with van der Waals surface area (Å²) >= 11 is 0. The highest BCUT2D eigenvalue weighted by Crippen LogP contribution is 2.28. The van der Waals surface area contributed by atoms with Gasteiger partial charge in [-0.05, 0) is 44.7 Å². The Labute approximate surface area is 122 Å². The SMILES string of the molecule is CS(=O)(=O)CC(=O)N1CCCCCC1C1CCNCC1. The van der Waals surface area contributed by atoms with E-state index >= 15 is 0 Å². The maximum Gasteiger partial charge on any atom is 0.238 e. The maximum absolute atomic E-state index is 12.4. The van der Waals surface area contributed by atoms with Gasteiger partial charge in [0, 0.05) is 18.8 Å². The van der Waals surface area contributed by atoms with Gasteiger partial charge >= 0.3 is 0 Å². The van der Waals surface area contributed by atoms with Crippen molar-refractivity contribution in [1.82, 2.24) is 10.2 Å². The highest BCUT2D eigenvalue weighted by molar-refractivity contribution is 7.91. The Balaban J connectivity index is 2.09. The molecule has 116 valence electrons. The van der Waals surface area contributed by atoms with Crippen molar-refractivity contribution in [3.63, 3.8) is 0 Å². The molecule has 0 radical (unpaired) electrons. The molecular weight excluding hydrogens is 276 g/mol. The molecule has 6 heteroatoms. The molecule has 1 amide bonds. The van der Waals surface area contributed by atoms with E-state index < -0.39 is 9.84 Å². The van der Waals surface area contributed by atoms with E-state index in [1.807, 2.05) is 4.90 Å². The molecule has 20 heavy (non-hydrogen) atoms. The molecule has 2 heterocycles. The highest BCUT2D eigenvalue weighted by atomic mass is 32.2. The summed E-state index contributed by atoms with van der Waals surface area (Å²) in [5, 5.41) is 3.35. The third kappa shape index (κ3) is 4.45. The third-order valence-corrected chi connectivity index (χ3v) is 5.20. The van der Waals surface area contributed by atoms with Gasteiger partial charge in [0.05, 0.1) is 0 Å². The van der Waals surface area contributed by atoms with Crippen LogP contribution in [0.5, 0.6) is 0 Å². The van der Waals surface area contributed by atoms with Crippen LogP contribution < -0.4 is 5.32 Å². The van der Waals surface area contributed by atoms with Crippen LogP contribution in [0, 0.1) is 5.92 Å². The van der Waals surface area contributed by atoms with Gasteiger partial charge in [-0.2, -0.15) is 0 Å². The van der Waals surface area contributed by atoms with E-state index in [2.05, 4.69) is 5.32 Å². The first kappa shape index (κ1) is 15.8. The molecule has 2 aliphatic heterocycles. The fourth-order valence-electron chi connectivity index (χ4n) is 3.47. The average Bonchev–Trinajstić information content (AvgIpc) is 2.63. The topological polar surface area (TPSA) is 66.5 Å². The van der Waals surface area contributed by atoms with Crippen LogP contribution in [0.25, 0.3) is 0 Å². The summed E-state index contributed by atoms with van der Waals surface area (Å²) < 4.78 is 22.8. The quantitative estimate of drug-likeness (QED) is 0.837. The average molecular weight is 302 g/mol. The Morgan fingerprint density at radius 3 is 2.50 bits per heavy atom. The van der Waals surface area contributed by atoms with E-state index in [0.717, 1.165) is 64.4 Å². The van der Waals surface area contributed by atoms with Gasteiger partial charge in [0.1, 0.15) is 5.75 Å². The molecule has 0 aromatic carbocycles. The van der Waals surface area contributed by atoms with Crippen molar-refractivity contribution in [1.29, 1.82) is 0 Å². The third-order valence-electron chi connectivity index (χ3n) is 4.43. The molecule has 5 nitrogen and oxygen atoms in total. The second-order valence-corrected chi connectivity index (χ2v) is 8.30. The molecule has 2 rings (SSSR count). The summed E-state index contributed by atoms with van der Waals surface area (Å²) in [6.07, 6.45) is 7.64. The maximum atomic E-state index is 12.4. The first-order valence-corrected chi connectivity index (χ1v) is 9.71. The van der Waals surface area contributed by atoms with Crippen LogP contribution in [0.2, 0.25) is 0 Å². The Morgan fingerprint density at radius 1 is 1.15 bits per heavy atom. The molecule has 0 spiro atoms. The van der Waals surface area contributed by atoms with Gasteiger partial charge in [-0.1, -0.05) is 12.8 Å². The number of hydrogen-bond donors (Lipinski definition) is 1. The lowest BCUT2D eigenvalue weighted by molar-refractivity contribution is -0.132. The number of nitrogens with one attached hydrogen (secondary N) is 1. The monoisotopic (exact) mass is 302 g/mol. The lowest BCUT2D eigenvalue weighted by Gasteiger charge is -2.38. The standard InChI is InChI=1S/C14H26N2O3S/c1-20(18,19)11-14(17)16-10-4-2-3-5-13(16)12-6-8-15-9-7-12/h12-13,15H,2-11H2,1H3. The molecule has 0 aromatic rings. The number of nitrogens with zero attached hydrogens (tertiary/aromatic N) is 1. The van der Waals surface area contributed by atoms with Crippen LogP contribution in [0.3, 0.4) is 0 Å². The van der Waals surface area contributed by atoms with E-state index in [0.29, 0.717) is 5.92 Å². The second kappa shape index (κ2) is 6.89. The molecule has 0 saturated carbocycles. The van der Waals surface area contributed by atoms with Crippen molar-refractivity contribution in [2.24, 2.45) is 5.92 Å². The second-order valence-electron chi connectivity index (χ2n) is 6.16. The molecule has 1 N–H and O–H groups in total. The van der Waals surface area contributed by atoms with E-state index in [9.17, 15) is 13.2 Å². The number of piperidine rings is 1. The highest BCUT2D eigenvalue weighted by Gasteiger charge is 2.33. The Bertz CT molecular complexity index is 430. The Hall–Kier alpha value is -0.620. The summed E-state index contributed by atoms with van der Waals surface area (Å²) in [4.78, 5) is 14.2. The van der Waals surface area contributed by atoms with Crippen LogP contribution >= 0.6 is 0 Å². The first-order valence-electron chi connectivity index (χ1n) is 7.65. The molecule has 2 saturated heterocycles. The van der Waals surface area contributed by atoms with Gasteiger partial charge in [-0.3, -0.25) is 4.79 Å². The van der Waals surface area contributed by atoms with Gasteiger partial charge in [0.15, 0.2) is 9.84 Å². The van der Waals surface area contributed by atoms with E-state index in [4.69, 9.17) is 0 Å². The predicted octanol–water partition coefficient (Wildman–Crippen LogP) is 0.802. The molecule has 2 aliphatic rings. The Morgan fingerprint density at radius 2 is 1.85 bits per heavy atom. The zero-order chi connectivity index (χ0) is 14.6. The van der Waals surface area contributed by atoms with Gasteiger partial charge < -0.3 is 10.2 Å². The van der Waals surface area contributed by atoms with Crippen LogP contribution in [-0.4, -0.2) is 56.9 Å². The van der Waals surface area contributed by atoms with Crippen molar-refractivity contribution >= 4 is 15.7 Å². The minimum absolute atomic E-state index is 0.196. The van der Waals surface area contributed by atoms with Crippen molar-refractivity contribution in [3.8, 4) is 0 Å². The molecule has 0 bridgehead atoms.